The largest absolute Gasteiger partial charge is 0.366 e. The molecular weight excluding hydrogens is 296 g/mol. The number of aryl methyl sites for hydroxylation is 3. The Morgan fingerprint density at radius 3 is 2.50 bits per heavy atom. The fourth-order valence-corrected chi connectivity index (χ4v) is 2.79. The molecule has 0 saturated heterocycles. The van der Waals surface area contributed by atoms with Crippen molar-refractivity contribution in [3.05, 3.63) is 89.2 Å². The SMILES string of the molecule is Cc1ccc(C(N)=O)cc1CCc1cncc(-c2ccccc2)c1. The van der Waals surface area contributed by atoms with Gasteiger partial charge in [-0.2, -0.15) is 0 Å². The van der Waals surface area contributed by atoms with Gasteiger partial charge in [0, 0.05) is 23.5 Å². The minimum absolute atomic E-state index is 0.385. The van der Waals surface area contributed by atoms with Crippen LogP contribution in [0, 0.1) is 6.92 Å². The minimum atomic E-state index is -0.385. The molecule has 1 aromatic heterocycles. The Labute approximate surface area is 142 Å². The molecule has 0 atom stereocenters. The first-order chi connectivity index (χ1) is 11.6. The number of benzene rings is 2. The second-order valence-electron chi connectivity index (χ2n) is 5.95. The molecule has 0 saturated carbocycles. The third kappa shape index (κ3) is 3.69. The molecule has 3 nitrogen and oxygen atoms in total. The predicted molar refractivity (Wildman–Crippen MR) is 96.8 cm³/mol. The molecule has 0 spiro atoms. The third-order valence-electron chi connectivity index (χ3n) is 4.22. The molecule has 24 heavy (non-hydrogen) atoms. The molecule has 3 aromatic rings. The quantitative estimate of drug-likeness (QED) is 0.775. The van der Waals surface area contributed by atoms with E-state index in [0.29, 0.717) is 5.56 Å². The van der Waals surface area contributed by atoms with E-state index in [4.69, 9.17) is 5.73 Å². The number of pyridine rings is 1. The number of primary amides is 1. The first-order valence-corrected chi connectivity index (χ1v) is 8.02. The molecule has 0 bridgehead atoms. The molecule has 0 radical (unpaired) electrons. The summed E-state index contributed by atoms with van der Waals surface area (Å²) in [7, 11) is 0. The zero-order valence-electron chi connectivity index (χ0n) is 13.7. The second kappa shape index (κ2) is 7.09. The molecule has 0 aliphatic rings. The average molecular weight is 316 g/mol. The summed E-state index contributed by atoms with van der Waals surface area (Å²) >= 11 is 0. The molecule has 2 aromatic carbocycles. The number of aromatic nitrogens is 1. The van der Waals surface area contributed by atoms with Crippen LogP contribution in [-0.4, -0.2) is 10.9 Å². The summed E-state index contributed by atoms with van der Waals surface area (Å²) in [5.41, 5.74) is 11.7. The number of hydrogen-bond donors (Lipinski definition) is 1. The van der Waals surface area contributed by atoms with Crippen LogP contribution in [0.3, 0.4) is 0 Å². The molecule has 0 aliphatic heterocycles. The van der Waals surface area contributed by atoms with Crippen LogP contribution in [0.1, 0.15) is 27.0 Å². The van der Waals surface area contributed by atoms with Crippen LogP contribution in [0.5, 0.6) is 0 Å². The Balaban J connectivity index is 1.78. The Morgan fingerprint density at radius 2 is 1.75 bits per heavy atom. The fourth-order valence-electron chi connectivity index (χ4n) is 2.79. The molecule has 3 heteroatoms. The van der Waals surface area contributed by atoms with Gasteiger partial charge in [-0.25, -0.2) is 0 Å². The summed E-state index contributed by atoms with van der Waals surface area (Å²) in [6, 6.07) is 18.0. The van der Waals surface area contributed by atoms with Crippen LogP contribution >= 0.6 is 0 Å². The number of hydrogen-bond acceptors (Lipinski definition) is 2. The van der Waals surface area contributed by atoms with Crippen LogP contribution in [0.15, 0.2) is 67.0 Å². The lowest BCUT2D eigenvalue weighted by atomic mass is 9.97. The van der Waals surface area contributed by atoms with Crippen molar-refractivity contribution in [2.24, 2.45) is 5.73 Å². The van der Waals surface area contributed by atoms with Gasteiger partial charge in [0.25, 0.3) is 0 Å². The van der Waals surface area contributed by atoms with E-state index in [0.717, 1.165) is 24.0 Å². The Kier molecular flexibility index (Phi) is 4.71. The van der Waals surface area contributed by atoms with E-state index < -0.39 is 0 Å². The number of carbonyl (C=O) groups is 1. The van der Waals surface area contributed by atoms with Gasteiger partial charge in [0.1, 0.15) is 0 Å². The highest BCUT2D eigenvalue weighted by Gasteiger charge is 2.06. The van der Waals surface area contributed by atoms with E-state index in [1.807, 2.05) is 42.7 Å². The van der Waals surface area contributed by atoms with Crippen LogP contribution in [0.25, 0.3) is 11.1 Å². The molecule has 3 rings (SSSR count). The van der Waals surface area contributed by atoms with Crippen molar-refractivity contribution >= 4 is 5.91 Å². The molecule has 1 amide bonds. The Morgan fingerprint density at radius 1 is 0.958 bits per heavy atom. The minimum Gasteiger partial charge on any atom is -0.366 e. The van der Waals surface area contributed by atoms with Crippen molar-refractivity contribution in [3.8, 4) is 11.1 Å². The van der Waals surface area contributed by atoms with E-state index in [1.54, 1.807) is 6.07 Å². The summed E-state index contributed by atoms with van der Waals surface area (Å²) in [5.74, 6) is -0.385. The highest BCUT2D eigenvalue weighted by molar-refractivity contribution is 5.93. The van der Waals surface area contributed by atoms with Crippen molar-refractivity contribution in [1.82, 2.24) is 4.98 Å². The van der Waals surface area contributed by atoms with Crippen molar-refractivity contribution in [3.63, 3.8) is 0 Å². The zero-order valence-corrected chi connectivity index (χ0v) is 13.7. The summed E-state index contributed by atoms with van der Waals surface area (Å²) in [5, 5.41) is 0. The normalized spacial score (nSPS) is 10.5. The average Bonchev–Trinajstić information content (AvgIpc) is 2.62. The van der Waals surface area contributed by atoms with Gasteiger partial charge in [-0.05, 0) is 60.2 Å². The van der Waals surface area contributed by atoms with Gasteiger partial charge in [0.05, 0.1) is 0 Å². The first kappa shape index (κ1) is 15.9. The van der Waals surface area contributed by atoms with Crippen LogP contribution in [0.2, 0.25) is 0 Å². The van der Waals surface area contributed by atoms with Crippen molar-refractivity contribution in [2.45, 2.75) is 19.8 Å². The van der Waals surface area contributed by atoms with E-state index in [1.165, 1.54) is 16.7 Å². The number of nitrogens with two attached hydrogens (primary N) is 1. The van der Waals surface area contributed by atoms with Gasteiger partial charge < -0.3 is 5.73 Å². The predicted octanol–water partition coefficient (Wildman–Crippen LogP) is 3.94. The monoisotopic (exact) mass is 316 g/mol. The zero-order chi connectivity index (χ0) is 16.9. The summed E-state index contributed by atoms with van der Waals surface area (Å²) < 4.78 is 0. The fraction of sp³-hybridized carbons (Fsp3) is 0.143. The summed E-state index contributed by atoms with van der Waals surface area (Å²) in [4.78, 5) is 15.7. The maximum Gasteiger partial charge on any atom is 0.248 e. The molecular formula is C21H20N2O. The van der Waals surface area contributed by atoms with Crippen LogP contribution in [-0.2, 0) is 12.8 Å². The third-order valence-corrected chi connectivity index (χ3v) is 4.22. The second-order valence-corrected chi connectivity index (χ2v) is 5.95. The standard InChI is InChI=1S/C21H20N2O/c1-15-7-9-19(21(22)24)12-18(15)10-8-16-11-20(14-23-13-16)17-5-3-2-4-6-17/h2-7,9,11-14H,8,10H2,1H3,(H2,22,24). The van der Waals surface area contributed by atoms with Crippen molar-refractivity contribution in [1.29, 1.82) is 0 Å². The van der Waals surface area contributed by atoms with E-state index in [2.05, 4.69) is 30.1 Å². The lowest BCUT2D eigenvalue weighted by molar-refractivity contribution is 0.1000. The highest BCUT2D eigenvalue weighted by Crippen LogP contribution is 2.20. The lowest BCUT2D eigenvalue weighted by Gasteiger charge is -2.09. The van der Waals surface area contributed by atoms with Gasteiger partial charge in [0.15, 0.2) is 0 Å². The lowest BCUT2D eigenvalue weighted by Crippen LogP contribution is -2.11. The van der Waals surface area contributed by atoms with Crippen molar-refractivity contribution in [2.75, 3.05) is 0 Å². The molecule has 0 unspecified atom stereocenters. The molecule has 0 aliphatic carbocycles. The molecule has 2 N–H and O–H groups in total. The van der Waals surface area contributed by atoms with Crippen LogP contribution < -0.4 is 5.73 Å². The van der Waals surface area contributed by atoms with Gasteiger partial charge in [-0.15, -0.1) is 0 Å². The Bertz CT molecular complexity index is 857. The van der Waals surface area contributed by atoms with E-state index in [-0.39, 0.29) is 5.91 Å². The number of amides is 1. The molecule has 120 valence electrons. The van der Waals surface area contributed by atoms with Gasteiger partial charge in [0.2, 0.25) is 5.91 Å². The number of nitrogens with zero attached hydrogens (tertiary/aromatic N) is 1. The first-order valence-electron chi connectivity index (χ1n) is 8.02. The number of carbonyl (C=O) groups excluding carboxylic acids is 1. The molecule has 1 heterocycles. The van der Waals surface area contributed by atoms with Crippen molar-refractivity contribution < 1.29 is 4.79 Å². The topological polar surface area (TPSA) is 56.0 Å². The van der Waals surface area contributed by atoms with Gasteiger partial charge in [-0.3, -0.25) is 9.78 Å². The van der Waals surface area contributed by atoms with Crippen LogP contribution in [0.4, 0.5) is 0 Å². The summed E-state index contributed by atoms with van der Waals surface area (Å²) in [6.07, 6.45) is 5.51. The molecule has 0 fully saturated rings. The maximum atomic E-state index is 11.4. The van der Waals surface area contributed by atoms with Gasteiger partial charge >= 0.3 is 0 Å². The van der Waals surface area contributed by atoms with E-state index in [9.17, 15) is 4.79 Å². The highest BCUT2D eigenvalue weighted by atomic mass is 16.1. The Hall–Kier alpha value is -2.94. The summed E-state index contributed by atoms with van der Waals surface area (Å²) in [6.45, 7) is 2.05. The maximum absolute atomic E-state index is 11.4. The van der Waals surface area contributed by atoms with E-state index >= 15 is 0 Å². The smallest absolute Gasteiger partial charge is 0.248 e. The number of rotatable bonds is 5. The van der Waals surface area contributed by atoms with Gasteiger partial charge in [-0.1, -0.05) is 36.4 Å².